The Balaban J connectivity index is 1.59. The van der Waals surface area contributed by atoms with Gasteiger partial charge in [-0.3, -0.25) is 0 Å². The fourth-order valence-corrected chi connectivity index (χ4v) is 5.88. The minimum absolute atomic E-state index is 1.25. The number of rotatable bonds is 10. The quantitative estimate of drug-likeness (QED) is 0.373. The van der Waals surface area contributed by atoms with Gasteiger partial charge in [0.15, 0.2) is 0 Å². The second-order valence-electron chi connectivity index (χ2n) is 5.55. The molecule has 2 aromatic heterocycles. The average Bonchev–Trinajstić information content (AvgIpc) is 2.99. The van der Waals surface area contributed by atoms with Crippen LogP contribution >= 0.6 is 38.6 Å². The molecular formula is C17H25BrS2. The molecule has 0 saturated heterocycles. The molecule has 0 spiro atoms. The van der Waals surface area contributed by atoms with Crippen molar-refractivity contribution in [2.24, 2.45) is 0 Å². The Morgan fingerprint density at radius 3 is 2.30 bits per heavy atom. The normalized spacial score (nSPS) is 11.5. The maximum Gasteiger partial charge on any atom is 0.0751 e. The van der Waals surface area contributed by atoms with E-state index < -0.39 is 0 Å². The summed E-state index contributed by atoms with van der Waals surface area (Å²) in [6, 6.07) is 2.25. The van der Waals surface area contributed by atoms with E-state index in [-0.39, 0.29) is 0 Å². The molecule has 0 unspecified atom stereocenters. The molecule has 20 heavy (non-hydrogen) atoms. The topological polar surface area (TPSA) is 0 Å². The van der Waals surface area contributed by atoms with Gasteiger partial charge in [0, 0.05) is 9.40 Å². The Labute approximate surface area is 139 Å². The van der Waals surface area contributed by atoms with Gasteiger partial charge in [0.1, 0.15) is 0 Å². The summed E-state index contributed by atoms with van der Waals surface area (Å²) in [7, 11) is 0. The van der Waals surface area contributed by atoms with Crippen LogP contribution in [-0.4, -0.2) is 0 Å². The van der Waals surface area contributed by atoms with Crippen molar-refractivity contribution in [1.82, 2.24) is 0 Å². The lowest BCUT2D eigenvalue weighted by Gasteiger charge is -2.02. The lowest BCUT2D eigenvalue weighted by molar-refractivity contribution is 0.565. The number of fused-ring (bicyclic) bond motifs is 1. The lowest BCUT2D eigenvalue weighted by Crippen LogP contribution is -1.85. The molecule has 0 aliphatic carbocycles. The van der Waals surface area contributed by atoms with Crippen molar-refractivity contribution in [1.29, 1.82) is 0 Å². The molecule has 2 rings (SSSR count). The molecule has 0 bridgehead atoms. The lowest BCUT2D eigenvalue weighted by atomic mass is 10.1. The standard InChI is InChI=1S/C17H25BrS2/c1-2-3-4-5-6-7-8-9-10-11-14-16-15(12-13-19-16)20-17(14)18/h12-13H,2-11H2,1H3. The summed E-state index contributed by atoms with van der Waals surface area (Å²) in [6.07, 6.45) is 13.9. The van der Waals surface area contributed by atoms with Crippen LogP contribution in [0.15, 0.2) is 15.2 Å². The second kappa shape index (κ2) is 9.22. The van der Waals surface area contributed by atoms with Gasteiger partial charge in [-0.1, -0.05) is 58.3 Å². The van der Waals surface area contributed by atoms with Crippen LogP contribution in [0.25, 0.3) is 9.40 Å². The predicted octanol–water partition coefficient (Wildman–Crippen LogP) is 7.80. The van der Waals surface area contributed by atoms with Crippen LogP contribution in [0.2, 0.25) is 0 Å². The third-order valence-corrected chi connectivity index (χ3v) is 6.92. The summed E-state index contributed by atoms with van der Waals surface area (Å²) in [5.74, 6) is 0. The SMILES string of the molecule is CCCCCCCCCCCc1c(Br)sc2ccsc12. The van der Waals surface area contributed by atoms with Crippen LogP contribution in [0.5, 0.6) is 0 Å². The maximum atomic E-state index is 3.73. The average molecular weight is 373 g/mol. The minimum Gasteiger partial charge on any atom is -0.143 e. The van der Waals surface area contributed by atoms with Crippen molar-refractivity contribution in [2.45, 2.75) is 71.1 Å². The van der Waals surface area contributed by atoms with E-state index in [0.717, 1.165) is 0 Å². The van der Waals surface area contributed by atoms with Crippen molar-refractivity contribution < 1.29 is 0 Å². The Morgan fingerprint density at radius 2 is 1.60 bits per heavy atom. The molecule has 0 radical (unpaired) electrons. The van der Waals surface area contributed by atoms with E-state index in [1.54, 1.807) is 5.56 Å². The van der Waals surface area contributed by atoms with Gasteiger partial charge in [0.2, 0.25) is 0 Å². The summed E-state index contributed by atoms with van der Waals surface area (Å²) < 4.78 is 4.33. The first-order valence-corrected chi connectivity index (χ1v) is 10.5. The zero-order valence-electron chi connectivity index (χ0n) is 12.4. The molecule has 2 aromatic rings. The van der Waals surface area contributed by atoms with E-state index in [4.69, 9.17) is 0 Å². The van der Waals surface area contributed by atoms with Gasteiger partial charge in [-0.15, -0.1) is 22.7 Å². The third-order valence-electron chi connectivity index (χ3n) is 3.87. The zero-order chi connectivity index (χ0) is 14.2. The van der Waals surface area contributed by atoms with Gasteiger partial charge in [-0.2, -0.15) is 0 Å². The van der Waals surface area contributed by atoms with Crippen LogP contribution in [0.1, 0.15) is 70.3 Å². The molecule has 3 heteroatoms. The van der Waals surface area contributed by atoms with Crippen molar-refractivity contribution in [2.75, 3.05) is 0 Å². The second-order valence-corrected chi connectivity index (χ2v) is 8.83. The number of aryl methyl sites for hydroxylation is 1. The number of unbranched alkanes of at least 4 members (excludes halogenated alkanes) is 8. The van der Waals surface area contributed by atoms with Crippen molar-refractivity contribution in [3.8, 4) is 0 Å². The number of thiophene rings is 2. The highest BCUT2D eigenvalue weighted by Crippen LogP contribution is 2.39. The van der Waals surface area contributed by atoms with Gasteiger partial charge in [0.25, 0.3) is 0 Å². The molecule has 0 fully saturated rings. The number of halogens is 1. The summed E-state index contributed by atoms with van der Waals surface area (Å²) in [6.45, 7) is 2.28. The largest absolute Gasteiger partial charge is 0.143 e. The first-order valence-electron chi connectivity index (χ1n) is 7.97. The van der Waals surface area contributed by atoms with E-state index in [1.807, 2.05) is 22.7 Å². The highest BCUT2D eigenvalue weighted by Gasteiger charge is 2.10. The van der Waals surface area contributed by atoms with Gasteiger partial charge in [-0.05, 0) is 45.8 Å². The Morgan fingerprint density at radius 1 is 0.950 bits per heavy atom. The molecule has 0 atom stereocenters. The number of hydrogen-bond acceptors (Lipinski definition) is 2. The summed E-state index contributed by atoms with van der Waals surface area (Å²) in [5.41, 5.74) is 1.56. The van der Waals surface area contributed by atoms with Crippen LogP contribution in [0.4, 0.5) is 0 Å². The Bertz CT molecular complexity index is 498. The smallest absolute Gasteiger partial charge is 0.0751 e. The van der Waals surface area contributed by atoms with Crippen molar-refractivity contribution in [3.63, 3.8) is 0 Å². The highest BCUT2D eigenvalue weighted by molar-refractivity contribution is 9.11. The van der Waals surface area contributed by atoms with Gasteiger partial charge in [0.05, 0.1) is 3.79 Å². The Hall–Kier alpha value is 0.140. The van der Waals surface area contributed by atoms with E-state index in [0.29, 0.717) is 0 Å². The van der Waals surface area contributed by atoms with Gasteiger partial charge >= 0.3 is 0 Å². The molecule has 112 valence electrons. The molecular weight excluding hydrogens is 348 g/mol. The zero-order valence-corrected chi connectivity index (χ0v) is 15.6. The summed E-state index contributed by atoms with van der Waals surface area (Å²) >= 11 is 7.52. The predicted molar refractivity (Wildman–Crippen MR) is 98.3 cm³/mol. The Kier molecular flexibility index (Phi) is 7.61. The molecule has 0 aromatic carbocycles. The molecule has 0 nitrogen and oxygen atoms in total. The third kappa shape index (κ3) is 4.85. The van der Waals surface area contributed by atoms with Crippen LogP contribution in [0, 0.1) is 0 Å². The van der Waals surface area contributed by atoms with E-state index in [9.17, 15) is 0 Å². The fraction of sp³-hybridized carbons (Fsp3) is 0.647. The molecule has 0 saturated carbocycles. The summed E-state index contributed by atoms with van der Waals surface area (Å²) in [4.78, 5) is 0. The monoisotopic (exact) mass is 372 g/mol. The molecule has 2 heterocycles. The molecule has 0 N–H and O–H groups in total. The fourth-order valence-electron chi connectivity index (χ4n) is 2.67. The minimum atomic E-state index is 1.25. The van der Waals surface area contributed by atoms with Crippen LogP contribution < -0.4 is 0 Å². The van der Waals surface area contributed by atoms with E-state index in [2.05, 4.69) is 34.3 Å². The first kappa shape index (κ1) is 16.5. The number of hydrogen-bond donors (Lipinski definition) is 0. The highest BCUT2D eigenvalue weighted by atomic mass is 79.9. The van der Waals surface area contributed by atoms with Crippen molar-refractivity contribution >= 4 is 48.0 Å². The first-order chi connectivity index (χ1) is 9.83. The van der Waals surface area contributed by atoms with Crippen molar-refractivity contribution in [3.05, 3.63) is 20.8 Å². The van der Waals surface area contributed by atoms with Gasteiger partial charge in [-0.25, -0.2) is 0 Å². The molecule has 0 aliphatic heterocycles. The summed E-state index contributed by atoms with van der Waals surface area (Å²) in [5, 5.41) is 2.22. The van der Waals surface area contributed by atoms with Crippen LogP contribution in [0.3, 0.4) is 0 Å². The molecule has 0 amide bonds. The van der Waals surface area contributed by atoms with E-state index in [1.165, 1.54) is 77.4 Å². The van der Waals surface area contributed by atoms with E-state index >= 15 is 0 Å². The van der Waals surface area contributed by atoms with Gasteiger partial charge < -0.3 is 0 Å². The van der Waals surface area contributed by atoms with Crippen LogP contribution in [-0.2, 0) is 6.42 Å². The maximum absolute atomic E-state index is 3.73. The molecule has 0 aliphatic rings.